The number of imidazole rings is 1. The highest BCUT2D eigenvalue weighted by Crippen LogP contribution is 2.28. The monoisotopic (exact) mass is 704 g/mol. The van der Waals surface area contributed by atoms with Gasteiger partial charge in [-0.1, -0.05) is 40.2 Å². The van der Waals surface area contributed by atoms with E-state index in [1.807, 2.05) is 86.1 Å². The first kappa shape index (κ1) is 31.3. The van der Waals surface area contributed by atoms with E-state index < -0.39 is 5.91 Å². The SMILES string of the molecule is CCn1ncc2cc(-n3c(C(=O)NCc4ccccc4-c4ccncn4)c4n(c3=O)CC(C)N(C(=O)c3ccc(Br)c(C)c3)C4)ccc21. The van der Waals surface area contributed by atoms with Crippen LogP contribution in [0.25, 0.3) is 27.8 Å². The Balaban J connectivity index is 1.30. The molecule has 12 heteroatoms. The number of nitrogens with one attached hydrogen (secondary N) is 1. The van der Waals surface area contributed by atoms with E-state index in [1.54, 1.807) is 27.9 Å². The summed E-state index contributed by atoms with van der Waals surface area (Å²) in [5.74, 6) is -0.591. The van der Waals surface area contributed by atoms with E-state index >= 15 is 0 Å². The van der Waals surface area contributed by atoms with Gasteiger partial charge >= 0.3 is 5.69 Å². The smallest absolute Gasteiger partial charge is 0.333 e. The zero-order valence-electron chi connectivity index (χ0n) is 26.7. The maximum Gasteiger partial charge on any atom is 0.333 e. The van der Waals surface area contributed by atoms with Crippen LogP contribution in [0, 0.1) is 6.92 Å². The highest BCUT2D eigenvalue weighted by atomic mass is 79.9. The summed E-state index contributed by atoms with van der Waals surface area (Å²) >= 11 is 3.51. The lowest BCUT2D eigenvalue weighted by molar-refractivity contribution is 0.0610. The van der Waals surface area contributed by atoms with Gasteiger partial charge in [-0.25, -0.2) is 14.8 Å². The van der Waals surface area contributed by atoms with Crippen LogP contribution in [0.5, 0.6) is 0 Å². The number of benzene rings is 3. The standard InChI is InChI=1S/C36H33BrN8O3/c1-4-44-31-12-10-27(16-26(31)18-41-44)45-33(34(46)39-17-25-7-5-6-8-28(25)30-13-14-38-21-40-30)32-20-42(23(3)19-43(32)36(45)48)35(47)24-9-11-29(37)22(2)15-24/h5-16,18,21,23H,4,17,19-20H2,1-3H3,(H,39,46). The lowest BCUT2D eigenvalue weighted by Crippen LogP contribution is -2.47. The normalized spacial score (nSPS) is 14.2. The number of aromatic nitrogens is 6. The van der Waals surface area contributed by atoms with Crippen LogP contribution in [-0.4, -0.2) is 51.6 Å². The number of fused-ring (bicyclic) bond motifs is 2. The minimum atomic E-state index is -0.427. The molecule has 2 amide bonds. The summed E-state index contributed by atoms with van der Waals surface area (Å²) in [5.41, 5.74) is 5.76. The van der Waals surface area contributed by atoms with Crippen molar-refractivity contribution in [3.8, 4) is 16.9 Å². The molecule has 1 aliphatic heterocycles. The first-order valence-corrected chi connectivity index (χ1v) is 16.5. The average molecular weight is 706 g/mol. The summed E-state index contributed by atoms with van der Waals surface area (Å²) in [6.45, 7) is 7.10. The molecular formula is C36H33BrN8O3. The summed E-state index contributed by atoms with van der Waals surface area (Å²) in [6.07, 6.45) is 4.92. The average Bonchev–Trinajstić information content (AvgIpc) is 3.65. The van der Waals surface area contributed by atoms with E-state index in [0.717, 1.165) is 37.8 Å². The number of halogens is 1. The molecule has 11 nitrogen and oxygen atoms in total. The van der Waals surface area contributed by atoms with Crippen LogP contribution in [0.15, 0.2) is 94.7 Å². The van der Waals surface area contributed by atoms with E-state index in [-0.39, 0.29) is 43.0 Å². The van der Waals surface area contributed by atoms with Crippen molar-refractivity contribution in [3.05, 3.63) is 128 Å². The second kappa shape index (κ2) is 12.7. The summed E-state index contributed by atoms with van der Waals surface area (Å²) in [5, 5.41) is 8.38. The first-order valence-electron chi connectivity index (χ1n) is 15.7. The minimum absolute atomic E-state index is 0.0909. The molecule has 3 aromatic carbocycles. The van der Waals surface area contributed by atoms with Crippen molar-refractivity contribution in [2.75, 3.05) is 0 Å². The largest absolute Gasteiger partial charge is 0.347 e. The van der Waals surface area contributed by atoms with E-state index in [1.165, 1.54) is 10.9 Å². The molecule has 1 atom stereocenters. The van der Waals surface area contributed by atoms with Gasteiger partial charge in [0.2, 0.25) is 0 Å². The van der Waals surface area contributed by atoms with Crippen molar-refractivity contribution in [1.29, 1.82) is 0 Å². The fraction of sp³-hybridized carbons (Fsp3) is 0.222. The van der Waals surface area contributed by atoms with Crippen molar-refractivity contribution in [2.24, 2.45) is 0 Å². The summed E-state index contributed by atoms with van der Waals surface area (Å²) in [4.78, 5) is 52.6. The second-order valence-corrected chi connectivity index (χ2v) is 12.8. The van der Waals surface area contributed by atoms with Crippen LogP contribution in [0.3, 0.4) is 0 Å². The number of carbonyl (C=O) groups excluding carboxylic acids is 2. The van der Waals surface area contributed by atoms with Crippen LogP contribution in [0.1, 0.15) is 51.5 Å². The Morgan fingerprint density at radius 1 is 1.06 bits per heavy atom. The number of rotatable bonds is 7. The molecule has 7 rings (SSSR count). The van der Waals surface area contributed by atoms with Gasteiger partial charge in [0.05, 0.1) is 35.3 Å². The quantitative estimate of drug-likeness (QED) is 0.234. The number of hydrogen-bond acceptors (Lipinski definition) is 6. The van der Waals surface area contributed by atoms with Gasteiger partial charge in [-0.3, -0.25) is 23.4 Å². The molecule has 0 saturated carbocycles. The van der Waals surface area contributed by atoms with Crippen molar-refractivity contribution in [3.63, 3.8) is 0 Å². The van der Waals surface area contributed by atoms with Crippen LogP contribution in [0.2, 0.25) is 0 Å². The lowest BCUT2D eigenvalue weighted by Gasteiger charge is -2.34. The molecule has 0 spiro atoms. The summed E-state index contributed by atoms with van der Waals surface area (Å²) in [6, 6.07) is 20.3. The third-order valence-corrected chi connectivity index (χ3v) is 9.81. The van der Waals surface area contributed by atoms with E-state index in [9.17, 15) is 14.4 Å². The predicted molar refractivity (Wildman–Crippen MR) is 186 cm³/mol. The highest BCUT2D eigenvalue weighted by molar-refractivity contribution is 9.10. The van der Waals surface area contributed by atoms with Crippen molar-refractivity contribution >= 4 is 38.6 Å². The third kappa shape index (κ3) is 5.51. The molecule has 0 fully saturated rings. The van der Waals surface area contributed by atoms with Crippen LogP contribution >= 0.6 is 15.9 Å². The molecule has 0 saturated heterocycles. The van der Waals surface area contributed by atoms with E-state index in [2.05, 4.69) is 36.3 Å². The molecule has 48 heavy (non-hydrogen) atoms. The summed E-state index contributed by atoms with van der Waals surface area (Å²) < 4.78 is 5.89. The minimum Gasteiger partial charge on any atom is -0.347 e. The van der Waals surface area contributed by atoms with Gasteiger partial charge in [0.15, 0.2) is 0 Å². The molecule has 0 aliphatic carbocycles. The van der Waals surface area contributed by atoms with Gasteiger partial charge < -0.3 is 10.2 Å². The Kier molecular flexibility index (Phi) is 8.26. The zero-order chi connectivity index (χ0) is 33.5. The third-order valence-electron chi connectivity index (χ3n) is 8.92. The second-order valence-electron chi connectivity index (χ2n) is 11.9. The fourth-order valence-electron chi connectivity index (χ4n) is 6.40. The lowest BCUT2D eigenvalue weighted by atomic mass is 10.0. The predicted octanol–water partition coefficient (Wildman–Crippen LogP) is 5.51. The number of nitrogens with zero attached hydrogens (tertiary/aromatic N) is 7. The topological polar surface area (TPSA) is 120 Å². The molecule has 3 aromatic heterocycles. The Hall–Kier alpha value is -5.36. The molecular weight excluding hydrogens is 672 g/mol. The first-order chi connectivity index (χ1) is 23.2. The number of aryl methyl sites for hydroxylation is 2. The van der Waals surface area contributed by atoms with Gasteiger partial charge in [0, 0.05) is 52.9 Å². The van der Waals surface area contributed by atoms with Crippen LogP contribution in [0.4, 0.5) is 0 Å². The number of hydrogen-bond donors (Lipinski definition) is 1. The zero-order valence-corrected chi connectivity index (χ0v) is 28.3. The van der Waals surface area contributed by atoms with Crippen LogP contribution in [-0.2, 0) is 26.2 Å². The van der Waals surface area contributed by atoms with Gasteiger partial charge in [0.1, 0.15) is 12.0 Å². The molecule has 1 unspecified atom stereocenters. The molecule has 242 valence electrons. The van der Waals surface area contributed by atoms with E-state index in [0.29, 0.717) is 23.5 Å². The maximum atomic E-state index is 14.3. The maximum absolute atomic E-state index is 14.3. The van der Waals surface area contributed by atoms with Crippen molar-refractivity contribution in [1.82, 2.24) is 39.1 Å². The van der Waals surface area contributed by atoms with E-state index in [4.69, 9.17) is 0 Å². The van der Waals surface area contributed by atoms with Gasteiger partial charge in [-0.05, 0) is 74.4 Å². The molecule has 1 aliphatic rings. The van der Waals surface area contributed by atoms with Crippen molar-refractivity contribution < 1.29 is 9.59 Å². The molecule has 6 aromatic rings. The molecule has 1 N–H and O–H groups in total. The van der Waals surface area contributed by atoms with Gasteiger partial charge in [-0.15, -0.1) is 0 Å². The van der Waals surface area contributed by atoms with Crippen molar-refractivity contribution in [2.45, 2.75) is 53.0 Å². The molecule has 0 bridgehead atoms. The fourth-order valence-corrected chi connectivity index (χ4v) is 6.65. The Labute approximate surface area is 285 Å². The van der Waals surface area contributed by atoms with Gasteiger partial charge in [0.25, 0.3) is 11.8 Å². The number of amides is 2. The Morgan fingerprint density at radius 3 is 2.67 bits per heavy atom. The summed E-state index contributed by atoms with van der Waals surface area (Å²) in [7, 11) is 0. The Bertz CT molecular complexity index is 2260. The highest BCUT2D eigenvalue weighted by Gasteiger charge is 2.35. The Morgan fingerprint density at radius 2 is 1.90 bits per heavy atom. The molecule has 0 radical (unpaired) electrons. The molecule has 4 heterocycles. The number of carbonyl (C=O) groups is 2. The van der Waals surface area contributed by atoms with Gasteiger partial charge in [-0.2, -0.15) is 5.10 Å². The van der Waals surface area contributed by atoms with Crippen LogP contribution < -0.4 is 11.0 Å².